The van der Waals surface area contributed by atoms with Gasteiger partial charge in [-0.3, -0.25) is 4.79 Å². The molecular formula is C16H24N2O2. The van der Waals surface area contributed by atoms with Gasteiger partial charge in [0, 0.05) is 6.54 Å². The minimum atomic E-state index is -0.360. The number of carbonyl (C=O) groups excluding carboxylic acids is 1. The summed E-state index contributed by atoms with van der Waals surface area (Å²) in [6, 6.07) is 7.91. The number of rotatable bonds is 6. The van der Waals surface area contributed by atoms with Crippen LogP contribution in [0.3, 0.4) is 0 Å². The highest BCUT2D eigenvalue weighted by molar-refractivity contribution is 5.88. The first-order valence-electron chi connectivity index (χ1n) is 7.36. The third-order valence-corrected chi connectivity index (χ3v) is 4.20. The molecule has 0 spiro atoms. The molecule has 1 aromatic carbocycles. The highest BCUT2D eigenvalue weighted by atomic mass is 16.5. The molecule has 3 N–H and O–H groups in total. The highest BCUT2D eigenvalue weighted by Crippen LogP contribution is 2.41. The van der Waals surface area contributed by atoms with E-state index in [-0.39, 0.29) is 11.3 Å². The van der Waals surface area contributed by atoms with Gasteiger partial charge in [-0.05, 0) is 43.5 Å². The molecular weight excluding hydrogens is 252 g/mol. The molecule has 0 radical (unpaired) electrons. The largest absolute Gasteiger partial charge is 0.497 e. The molecule has 0 aromatic heterocycles. The zero-order valence-corrected chi connectivity index (χ0v) is 12.2. The van der Waals surface area contributed by atoms with Crippen LogP contribution >= 0.6 is 0 Å². The molecule has 0 heterocycles. The van der Waals surface area contributed by atoms with Crippen molar-refractivity contribution in [3.63, 3.8) is 0 Å². The summed E-state index contributed by atoms with van der Waals surface area (Å²) in [5.41, 5.74) is 6.22. The SMILES string of the molecule is COc1ccc(C2(C(=O)NCCCN)CCCC2)cc1. The van der Waals surface area contributed by atoms with E-state index in [0.29, 0.717) is 13.1 Å². The summed E-state index contributed by atoms with van der Waals surface area (Å²) >= 11 is 0. The zero-order chi connectivity index (χ0) is 14.4. The van der Waals surface area contributed by atoms with Gasteiger partial charge in [0.05, 0.1) is 12.5 Å². The Morgan fingerprint density at radius 3 is 2.50 bits per heavy atom. The maximum Gasteiger partial charge on any atom is 0.230 e. The summed E-state index contributed by atoms with van der Waals surface area (Å²) in [7, 11) is 1.65. The normalized spacial score (nSPS) is 16.9. The molecule has 1 amide bonds. The Morgan fingerprint density at radius 2 is 1.95 bits per heavy atom. The zero-order valence-electron chi connectivity index (χ0n) is 12.2. The van der Waals surface area contributed by atoms with Crippen molar-refractivity contribution in [2.75, 3.05) is 20.2 Å². The second-order valence-electron chi connectivity index (χ2n) is 5.42. The first kappa shape index (κ1) is 14.9. The van der Waals surface area contributed by atoms with Crippen LogP contribution in [0.1, 0.15) is 37.7 Å². The maximum atomic E-state index is 12.6. The van der Waals surface area contributed by atoms with Gasteiger partial charge in [0.2, 0.25) is 5.91 Å². The van der Waals surface area contributed by atoms with Crippen LogP contribution in [0.4, 0.5) is 0 Å². The van der Waals surface area contributed by atoms with Crippen molar-refractivity contribution < 1.29 is 9.53 Å². The second kappa shape index (κ2) is 6.75. The van der Waals surface area contributed by atoms with Gasteiger partial charge >= 0.3 is 0 Å². The molecule has 4 nitrogen and oxygen atoms in total. The fourth-order valence-corrected chi connectivity index (χ4v) is 3.01. The molecule has 1 aromatic rings. The predicted molar refractivity (Wildman–Crippen MR) is 79.8 cm³/mol. The molecule has 20 heavy (non-hydrogen) atoms. The van der Waals surface area contributed by atoms with Crippen LogP contribution in [0.5, 0.6) is 5.75 Å². The molecule has 0 atom stereocenters. The lowest BCUT2D eigenvalue weighted by Gasteiger charge is -2.28. The van der Waals surface area contributed by atoms with Crippen molar-refractivity contribution in [1.29, 1.82) is 0 Å². The van der Waals surface area contributed by atoms with Gasteiger partial charge in [0.15, 0.2) is 0 Å². The highest BCUT2D eigenvalue weighted by Gasteiger charge is 2.42. The smallest absolute Gasteiger partial charge is 0.230 e. The lowest BCUT2D eigenvalue weighted by Crippen LogP contribution is -2.43. The van der Waals surface area contributed by atoms with Gasteiger partial charge in [0.25, 0.3) is 0 Å². The number of methoxy groups -OCH3 is 1. The van der Waals surface area contributed by atoms with Crippen molar-refractivity contribution in [3.8, 4) is 5.75 Å². The van der Waals surface area contributed by atoms with E-state index in [1.165, 1.54) is 0 Å². The van der Waals surface area contributed by atoms with Crippen molar-refractivity contribution in [1.82, 2.24) is 5.32 Å². The molecule has 2 rings (SSSR count). The first-order valence-corrected chi connectivity index (χ1v) is 7.36. The van der Waals surface area contributed by atoms with Crippen LogP contribution in [0.15, 0.2) is 24.3 Å². The number of hydrogen-bond acceptors (Lipinski definition) is 3. The van der Waals surface area contributed by atoms with E-state index in [9.17, 15) is 4.79 Å². The summed E-state index contributed by atoms with van der Waals surface area (Å²) in [4.78, 5) is 12.6. The Kier molecular flexibility index (Phi) is 5.01. The van der Waals surface area contributed by atoms with Gasteiger partial charge in [0.1, 0.15) is 5.75 Å². The van der Waals surface area contributed by atoms with Crippen LogP contribution in [-0.4, -0.2) is 26.1 Å². The minimum Gasteiger partial charge on any atom is -0.497 e. The van der Waals surface area contributed by atoms with Crippen molar-refractivity contribution in [2.24, 2.45) is 5.73 Å². The molecule has 1 saturated carbocycles. The molecule has 0 bridgehead atoms. The van der Waals surface area contributed by atoms with Crippen molar-refractivity contribution in [3.05, 3.63) is 29.8 Å². The number of ether oxygens (including phenoxy) is 1. The molecule has 110 valence electrons. The Balaban J connectivity index is 2.17. The van der Waals surface area contributed by atoms with Crippen molar-refractivity contribution >= 4 is 5.91 Å². The summed E-state index contributed by atoms with van der Waals surface area (Å²) in [6.45, 7) is 1.27. The van der Waals surface area contributed by atoms with Gasteiger partial charge in [-0.2, -0.15) is 0 Å². The molecule has 0 aliphatic heterocycles. The number of nitrogens with two attached hydrogens (primary N) is 1. The fraction of sp³-hybridized carbons (Fsp3) is 0.562. The van der Waals surface area contributed by atoms with E-state index in [4.69, 9.17) is 10.5 Å². The maximum absolute atomic E-state index is 12.6. The molecule has 0 saturated heterocycles. The fourth-order valence-electron chi connectivity index (χ4n) is 3.01. The topological polar surface area (TPSA) is 64.3 Å². The molecule has 4 heteroatoms. The quantitative estimate of drug-likeness (QED) is 0.781. The average molecular weight is 276 g/mol. The summed E-state index contributed by atoms with van der Waals surface area (Å²) < 4.78 is 5.19. The van der Waals surface area contributed by atoms with E-state index < -0.39 is 0 Å². The van der Waals surface area contributed by atoms with E-state index in [1.54, 1.807) is 7.11 Å². The third-order valence-electron chi connectivity index (χ3n) is 4.20. The Labute approximate surface area is 120 Å². The van der Waals surface area contributed by atoms with Gasteiger partial charge in [-0.1, -0.05) is 25.0 Å². The van der Waals surface area contributed by atoms with E-state index in [1.807, 2.05) is 24.3 Å². The minimum absolute atomic E-state index is 0.147. The molecule has 1 aliphatic carbocycles. The number of carbonyl (C=O) groups is 1. The first-order chi connectivity index (χ1) is 9.73. The molecule has 0 unspecified atom stereocenters. The third kappa shape index (κ3) is 2.96. The van der Waals surface area contributed by atoms with Crippen molar-refractivity contribution in [2.45, 2.75) is 37.5 Å². The number of nitrogens with one attached hydrogen (secondary N) is 1. The average Bonchev–Trinajstić information content (AvgIpc) is 2.98. The second-order valence-corrected chi connectivity index (χ2v) is 5.42. The number of benzene rings is 1. The molecule has 1 fully saturated rings. The Bertz CT molecular complexity index is 436. The van der Waals surface area contributed by atoms with Crippen LogP contribution in [-0.2, 0) is 10.2 Å². The summed E-state index contributed by atoms with van der Waals surface area (Å²) in [5, 5.41) is 3.04. The number of amides is 1. The van der Waals surface area contributed by atoms with Crippen LogP contribution in [0.25, 0.3) is 0 Å². The van der Waals surface area contributed by atoms with Gasteiger partial charge in [-0.15, -0.1) is 0 Å². The van der Waals surface area contributed by atoms with Gasteiger partial charge < -0.3 is 15.8 Å². The monoisotopic (exact) mass is 276 g/mol. The summed E-state index contributed by atoms with van der Waals surface area (Å²) in [6.07, 6.45) is 4.89. The predicted octanol–water partition coefficient (Wildman–Crippen LogP) is 1.97. The van der Waals surface area contributed by atoms with Crippen LogP contribution in [0, 0.1) is 0 Å². The lowest BCUT2D eigenvalue weighted by atomic mass is 9.78. The number of hydrogen-bond donors (Lipinski definition) is 2. The standard InChI is InChI=1S/C16H24N2O2/c1-20-14-7-5-13(6-8-14)16(9-2-3-10-16)15(19)18-12-4-11-17/h5-8H,2-4,9-12,17H2,1H3,(H,18,19). The van der Waals surface area contributed by atoms with E-state index in [0.717, 1.165) is 43.4 Å². The lowest BCUT2D eigenvalue weighted by molar-refractivity contribution is -0.126. The van der Waals surface area contributed by atoms with Crippen LogP contribution in [0.2, 0.25) is 0 Å². The molecule has 1 aliphatic rings. The van der Waals surface area contributed by atoms with E-state index >= 15 is 0 Å². The van der Waals surface area contributed by atoms with Gasteiger partial charge in [-0.25, -0.2) is 0 Å². The Hall–Kier alpha value is -1.55. The van der Waals surface area contributed by atoms with E-state index in [2.05, 4.69) is 5.32 Å². The Morgan fingerprint density at radius 1 is 1.30 bits per heavy atom. The summed E-state index contributed by atoms with van der Waals surface area (Å²) in [5.74, 6) is 0.971. The van der Waals surface area contributed by atoms with Crippen LogP contribution < -0.4 is 15.8 Å².